The molecule has 0 spiro atoms. The number of aliphatic hydroxyl groups excluding tert-OH is 1. The molecular weight excluding hydrogens is 176 g/mol. The van der Waals surface area contributed by atoms with Gasteiger partial charge in [0.2, 0.25) is 0 Å². The molecule has 1 atom stereocenters. The number of hydrogen-bond acceptors (Lipinski definition) is 2. The molecule has 0 aliphatic heterocycles. The zero-order chi connectivity index (χ0) is 9.97. The molecule has 1 unspecified atom stereocenters. The highest BCUT2D eigenvalue weighted by molar-refractivity contribution is 5.77. The smallest absolute Gasteiger partial charge is 0.133 e. The number of aliphatic hydroxyl groups is 1. The molecular formula is C12H14O2. The van der Waals surface area contributed by atoms with E-state index in [-0.39, 0.29) is 6.10 Å². The van der Waals surface area contributed by atoms with Gasteiger partial charge in [-0.2, -0.15) is 0 Å². The molecule has 0 aliphatic rings. The second-order valence-electron chi connectivity index (χ2n) is 3.52. The Morgan fingerprint density at radius 1 is 1.36 bits per heavy atom. The zero-order valence-electron chi connectivity index (χ0n) is 8.23. The van der Waals surface area contributed by atoms with Gasteiger partial charge >= 0.3 is 0 Å². The third-order valence-electron chi connectivity index (χ3n) is 2.42. The number of rotatable bonds is 3. The maximum atomic E-state index is 9.79. The molecule has 2 heteroatoms. The van der Waals surface area contributed by atoms with Gasteiger partial charge in [0.25, 0.3) is 0 Å². The number of furan rings is 1. The van der Waals surface area contributed by atoms with Crippen LogP contribution in [-0.2, 0) is 0 Å². The Hall–Kier alpha value is -1.28. The molecule has 14 heavy (non-hydrogen) atoms. The first kappa shape index (κ1) is 9.28. The fourth-order valence-corrected chi connectivity index (χ4v) is 1.63. The van der Waals surface area contributed by atoms with E-state index in [2.05, 4.69) is 6.92 Å². The van der Waals surface area contributed by atoms with Gasteiger partial charge in [0.1, 0.15) is 5.58 Å². The van der Waals surface area contributed by atoms with Crippen molar-refractivity contribution in [2.45, 2.75) is 25.9 Å². The van der Waals surface area contributed by atoms with Crippen molar-refractivity contribution in [2.24, 2.45) is 0 Å². The Labute approximate surface area is 83.2 Å². The summed E-state index contributed by atoms with van der Waals surface area (Å²) >= 11 is 0. The summed E-state index contributed by atoms with van der Waals surface area (Å²) in [6.07, 6.45) is 3.12. The number of fused-ring (bicyclic) bond motifs is 1. The van der Waals surface area contributed by atoms with E-state index >= 15 is 0 Å². The minimum atomic E-state index is -0.348. The second kappa shape index (κ2) is 3.84. The molecule has 2 rings (SSSR count). The fourth-order valence-electron chi connectivity index (χ4n) is 1.63. The van der Waals surface area contributed by atoms with Gasteiger partial charge in [-0.25, -0.2) is 0 Å². The van der Waals surface area contributed by atoms with Crippen molar-refractivity contribution in [1.82, 2.24) is 0 Å². The molecule has 0 amide bonds. The number of hydrogen-bond donors (Lipinski definition) is 1. The van der Waals surface area contributed by atoms with Crippen LogP contribution >= 0.6 is 0 Å². The summed E-state index contributed by atoms with van der Waals surface area (Å²) in [6.45, 7) is 2.07. The van der Waals surface area contributed by atoms with Crippen molar-refractivity contribution in [3.8, 4) is 0 Å². The molecule has 2 aromatic rings. The minimum absolute atomic E-state index is 0.348. The van der Waals surface area contributed by atoms with Crippen molar-refractivity contribution in [1.29, 1.82) is 0 Å². The van der Waals surface area contributed by atoms with E-state index in [1.807, 2.05) is 24.3 Å². The van der Waals surface area contributed by atoms with Crippen LogP contribution in [0.4, 0.5) is 0 Å². The number of benzene rings is 1. The maximum absolute atomic E-state index is 9.79. The van der Waals surface area contributed by atoms with E-state index in [0.717, 1.165) is 29.4 Å². The molecule has 1 N–H and O–H groups in total. The average Bonchev–Trinajstić information content (AvgIpc) is 2.64. The van der Waals surface area contributed by atoms with Gasteiger partial charge in [-0.05, 0) is 30.2 Å². The first-order valence-corrected chi connectivity index (χ1v) is 4.96. The third kappa shape index (κ3) is 1.66. The topological polar surface area (TPSA) is 33.4 Å². The van der Waals surface area contributed by atoms with Crippen LogP contribution in [0.3, 0.4) is 0 Å². The van der Waals surface area contributed by atoms with E-state index in [9.17, 15) is 5.11 Å². The highest BCUT2D eigenvalue weighted by Gasteiger charge is 2.07. The summed E-state index contributed by atoms with van der Waals surface area (Å²) in [4.78, 5) is 0. The molecule has 1 aromatic heterocycles. The largest absolute Gasteiger partial charge is 0.464 e. The van der Waals surface area contributed by atoms with Gasteiger partial charge < -0.3 is 9.52 Å². The van der Waals surface area contributed by atoms with Crippen LogP contribution in [0.15, 0.2) is 34.9 Å². The van der Waals surface area contributed by atoms with Crippen LogP contribution in [0.1, 0.15) is 31.4 Å². The van der Waals surface area contributed by atoms with Crippen molar-refractivity contribution in [3.63, 3.8) is 0 Å². The maximum Gasteiger partial charge on any atom is 0.133 e. The Morgan fingerprint density at radius 3 is 3.00 bits per heavy atom. The summed E-state index contributed by atoms with van der Waals surface area (Å²) in [5, 5.41) is 10.8. The van der Waals surface area contributed by atoms with Crippen LogP contribution in [0.2, 0.25) is 0 Å². The Kier molecular flexibility index (Phi) is 2.55. The predicted octanol–water partition coefficient (Wildman–Crippen LogP) is 3.27. The summed E-state index contributed by atoms with van der Waals surface area (Å²) in [5.74, 6) is 0. The summed E-state index contributed by atoms with van der Waals surface area (Å²) in [6, 6.07) is 7.73. The fraction of sp³-hybridized carbons (Fsp3) is 0.333. The van der Waals surface area contributed by atoms with Gasteiger partial charge in [0.15, 0.2) is 0 Å². The summed E-state index contributed by atoms with van der Waals surface area (Å²) in [5.41, 5.74) is 1.85. The first-order chi connectivity index (χ1) is 6.81. The summed E-state index contributed by atoms with van der Waals surface area (Å²) < 4.78 is 5.23. The lowest BCUT2D eigenvalue weighted by molar-refractivity contribution is 0.166. The standard InChI is InChI=1S/C12H14O2/c1-2-3-11(13)9-4-5-12-10(8-9)6-7-14-12/h4-8,11,13H,2-3H2,1H3. The van der Waals surface area contributed by atoms with Gasteiger partial charge in [-0.15, -0.1) is 0 Å². The third-order valence-corrected chi connectivity index (χ3v) is 2.42. The molecule has 0 saturated carbocycles. The molecule has 0 saturated heterocycles. The molecule has 0 aliphatic carbocycles. The first-order valence-electron chi connectivity index (χ1n) is 4.96. The van der Waals surface area contributed by atoms with Crippen molar-refractivity contribution in [2.75, 3.05) is 0 Å². The normalized spacial score (nSPS) is 13.3. The molecule has 0 radical (unpaired) electrons. The molecule has 2 nitrogen and oxygen atoms in total. The van der Waals surface area contributed by atoms with Crippen LogP contribution in [-0.4, -0.2) is 5.11 Å². The molecule has 74 valence electrons. The lowest BCUT2D eigenvalue weighted by atomic mass is 10.0. The Morgan fingerprint density at radius 2 is 2.21 bits per heavy atom. The van der Waals surface area contributed by atoms with E-state index < -0.39 is 0 Å². The highest BCUT2D eigenvalue weighted by Crippen LogP contribution is 2.23. The van der Waals surface area contributed by atoms with Crippen LogP contribution < -0.4 is 0 Å². The molecule has 1 heterocycles. The summed E-state index contributed by atoms with van der Waals surface area (Å²) in [7, 11) is 0. The molecule has 0 fully saturated rings. The van der Waals surface area contributed by atoms with Crippen molar-refractivity contribution >= 4 is 11.0 Å². The van der Waals surface area contributed by atoms with Crippen LogP contribution in [0.25, 0.3) is 11.0 Å². The monoisotopic (exact) mass is 190 g/mol. The quantitative estimate of drug-likeness (QED) is 0.805. The van der Waals surface area contributed by atoms with Crippen LogP contribution in [0.5, 0.6) is 0 Å². The van der Waals surface area contributed by atoms with E-state index in [0.29, 0.717) is 0 Å². The van der Waals surface area contributed by atoms with Gasteiger partial charge in [0.05, 0.1) is 12.4 Å². The van der Waals surface area contributed by atoms with E-state index in [4.69, 9.17) is 4.42 Å². The lowest BCUT2D eigenvalue weighted by Crippen LogP contribution is -1.95. The van der Waals surface area contributed by atoms with Gasteiger partial charge in [-0.3, -0.25) is 0 Å². The SMILES string of the molecule is CCCC(O)c1ccc2occc2c1. The van der Waals surface area contributed by atoms with Crippen molar-refractivity contribution < 1.29 is 9.52 Å². The minimum Gasteiger partial charge on any atom is -0.464 e. The lowest BCUT2D eigenvalue weighted by Gasteiger charge is -2.08. The zero-order valence-corrected chi connectivity index (χ0v) is 8.23. The van der Waals surface area contributed by atoms with Gasteiger partial charge in [0, 0.05) is 5.39 Å². The molecule has 0 bridgehead atoms. The Bertz CT molecular complexity index is 417. The second-order valence-corrected chi connectivity index (χ2v) is 3.52. The highest BCUT2D eigenvalue weighted by atomic mass is 16.3. The van der Waals surface area contributed by atoms with E-state index in [1.54, 1.807) is 6.26 Å². The average molecular weight is 190 g/mol. The van der Waals surface area contributed by atoms with E-state index in [1.165, 1.54) is 0 Å². The van der Waals surface area contributed by atoms with Crippen LogP contribution in [0, 0.1) is 0 Å². The molecule has 1 aromatic carbocycles. The predicted molar refractivity (Wildman–Crippen MR) is 56.1 cm³/mol. The van der Waals surface area contributed by atoms with Gasteiger partial charge in [-0.1, -0.05) is 19.4 Å². The van der Waals surface area contributed by atoms with Crippen molar-refractivity contribution in [3.05, 3.63) is 36.1 Å². The Balaban J connectivity index is 2.33.